The number of carbonyl (C=O) groups is 3. The lowest BCUT2D eigenvalue weighted by Crippen LogP contribution is -2.52. The van der Waals surface area contributed by atoms with Crippen molar-refractivity contribution in [3.05, 3.63) is 90.1 Å². The molecule has 0 atom stereocenters. The number of nitrogens with zero attached hydrogens (tertiary/aromatic N) is 5. The van der Waals surface area contributed by atoms with Crippen molar-refractivity contribution in [1.29, 1.82) is 0 Å². The lowest BCUT2D eigenvalue weighted by molar-refractivity contribution is -0.127. The fraction of sp³-hybridized carbons (Fsp3) is 0.143. The average molecular weight is 524 g/mol. The van der Waals surface area contributed by atoms with Crippen LogP contribution in [0.3, 0.4) is 0 Å². The number of ketones is 1. The molecular weight excluding hydrogens is 501 g/mol. The zero-order valence-corrected chi connectivity index (χ0v) is 20.6. The standard InChI is InChI=1S/C28H22FN7O3/c29-21-9-8-19(26-32-25(33-34-26)18-7-4-10-30-15-18)23-22(21)20(16-31-23)24(37)28(39)36-13-11-35(12-14-36)27(38)17-5-2-1-3-6-17/h1-10,15-16,31H,11-14H2,(H,32,33,34). The summed E-state index contributed by atoms with van der Waals surface area (Å²) in [6.07, 6.45) is 4.61. The van der Waals surface area contributed by atoms with Gasteiger partial charge in [-0.05, 0) is 36.4 Å². The van der Waals surface area contributed by atoms with Crippen LogP contribution in [0.2, 0.25) is 0 Å². The van der Waals surface area contributed by atoms with Gasteiger partial charge in [-0.15, -0.1) is 0 Å². The van der Waals surface area contributed by atoms with Crippen LogP contribution in [0.25, 0.3) is 33.7 Å². The van der Waals surface area contributed by atoms with Crippen molar-refractivity contribution in [2.75, 3.05) is 26.2 Å². The molecular formula is C28H22FN7O3. The minimum absolute atomic E-state index is 0.00284. The number of hydrogen-bond acceptors (Lipinski definition) is 6. The van der Waals surface area contributed by atoms with E-state index in [1.165, 1.54) is 23.2 Å². The molecule has 0 spiro atoms. The summed E-state index contributed by atoms with van der Waals surface area (Å²) in [5.74, 6) is -1.56. The largest absolute Gasteiger partial charge is 0.360 e. The molecule has 2 aromatic carbocycles. The second-order valence-corrected chi connectivity index (χ2v) is 9.08. The number of benzene rings is 2. The molecule has 5 aromatic rings. The highest BCUT2D eigenvalue weighted by Crippen LogP contribution is 2.31. The topological polar surface area (TPSA) is 128 Å². The van der Waals surface area contributed by atoms with E-state index in [1.54, 1.807) is 47.6 Å². The summed E-state index contributed by atoms with van der Waals surface area (Å²) in [6.45, 7) is 0.997. The van der Waals surface area contributed by atoms with E-state index < -0.39 is 17.5 Å². The lowest BCUT2D eigenvalue weighted by atomic mass is 10.0. The normalized spacial score (nSPS) is 13.6. The summed E-state index contributed by atoms with van der Waals surface area (Å²) in [5, 5.41) is 7.07. The van der Waals surface area contributed by atoms with Gasteiger partial charge in [-0.25, -0.2) is 9.37 Å². The summed E-state index contributed by atoms with van der Waals surface area (Å²) in [7, 11) is 0. The number of nitrogens with one attached hydrogen (secondary N) is 2. The van der Waals surface area contributed by atoms with Crippen molar-refractivity contribution in [3.8, 4) is 22.8 Å². The van der Waals surface area contributed by atoms with E-state index in [-0.39, 0.29) is 29.9 Å². The Morgan fingerprint density at radius 2 is 1.67 bits per heavy atom. The number of rotatable bonds is 5. The zero-order valence-electron chi connectivity index (χ0n) is 20.6. The molecule has 194 valence electrons. The number of aromatic amines is 2. The number of aromatic nitrogens is 5. The Morgan fingerprint density at radius 3 is 2.41 bits per heavy atom. The number of piperazine rings is 1. The van der Waals surface area contributed by atoms with Crippen LogP contribution in [-0.2, 0) is 4.79 Å². The Bertz CT molecular complexity index is 1690. The molecule has 0 unspecified atom stereocenters. The molecule has 1 saturated heterocycles. The number of carbonyl (C=O) groups excluding carboxylic acids is 3. The van der Waals surface area contributed by atoms with Gasteiger partial charge in [0, 0.05) is 66.8 Å². The molecule has 4 heterocycles. The van der Waals surface area contributed by atoms with Crippen molar-refractivity contribution < 1.29 is 18.8 Å². The lowest BCUT2D eigenvalue weighted by Gasteiger charge is -2.34. The van der Waals surface area contributed by atoms with Gasteiger partial charge >= 0.3 is 0 Å². The molecule has 2 N–H and O–H groups in total. The minimum atomic E-state index is -0.825. The van der Waals surface area contributed by atoms with Crippen molar-refractivity contribution in [2.24, 2.45) is 0 Å². The highest BCUT2D eigenvalue weighted by Gasteiger charge is 2.31. The van der Waals surface area contributed by atoms with Crippen LogP contribution in [0.5, 0.6) is 0 Å². The van der Waals surface area contributed by atoms with Crippen molar-refractivity contribution in [2.45, 2.75) is 0 Å². The molecule has 0 bridgehead atoms. The molecule has 11 heteroatoms. The first-order valence-corrected chi connectivity index (χ1v) is 12.3. The van der Waals surface area contributed by atoms with Crippen LogP contribution in [0.1, 0.15) is 20.7 Å². The third-order valence-corrected chi connectivity index (χ3v) is 6.76. The average Bonchev–Trinajstić information content (AvgIpc) is 3.66. The number of halogens is 1. The molecule has 1 aliphatic rings. The second kappa shape index (κ2) is 9.93. The Kier molecular flexibility index (Phi) is 6.16. The van der Waals surface area contributed by atoms with Crippen molar-refractivity contribution in [3.63, 3.8) is 0 Å². The first-order chi connectivity index (χ1) is 19.0. The minimum Gasteiger partial charge on any atom is -0.360 e. The molecule has 0 radical (unpaired) electrons. The van der Waals surface area contributed by atoms with Crippen LogP contribution in [0.15, 0.2) is 73.2 Å². The third-order valence-electron chi connectivity index (χ3n) is 6.76. The summed E-state index contributed by atoms with van der Waals surface area (Å²) in [5.41, 5.74) is 2.02. The maximum Gasteiger partial charge on any atom is 0.295 e. The number of Topliss-reactive ketones (excluding diaryl/α,β-unsaturated/α-hetero) is 1. The highest BCUT2D eigenvalue weighted by molar-refractivity contribution is 6.45. The van der Waals surface area contributed by atoms with Gasteiger partial charge in [0.15, 0.2) is 11.6 Å². The van der Waals surface area contributed by atoms with E-state index in [1.807, 2.05) is 12.1 Å². The molecule has 0 saturated carbocycles. The highest BCUT2D eigenvalue weighted by atomic mass is 19.1. The van der Waals surface area contributed by atoms with Gasteiger partial charge in [-0.2, -0.15) is 5.10 Å². The molecule has 2 amide bonds. The van der Waals surface area contributed by atoms with Gasteiger partial charge in [0.05, 0.1) is 11.1 Å². The van der Waals surface area contributed by atoms with E-state index in [9.17, 15) is 14.4 Å². The first-order valence-electron chi connectivity index (χ1n) is 12.3. The smallest absolute Gasteiger partial charge is 0.295 e. The van der Waals surface area contributed by atoms with Crippen LogP contribution in [-0.4, -0.2) is 78.7 Å². The number of H-pyrrole nitrogens is 2. The number of pyridine rings is 1. The predicted molar refractivity (Wildman–Crippen MR) is 140 cm³/mol. The maximum absolute atomic E-state index is 15.0. The van der Waals surface area contributed by atoms with Gasteiger partial charge in [0.2, 0.25) is 0 Å². The second-order valence-electron chi connectivity index (χ2n) is 9.08. The Balaban J connectivity index is 1.22. The van der Waals surface area contributed by atoms with Crippen molar-refractivity contribution in [1.82, 2.24) is 34.9 Å². The Hall–Kier alpha value is -5.19. The van der Waals surface area contributed by atoms with Crippen molar-refractivity contribution >= 4 is 28.5 Å². The molecule has 39 heavy (non-hydrogen) atoms. The maximum atomic E-state index is 15.0. The van der Waals surface area contributed by atoms with E-state index in [4.69, 9.17) is 0 Å². The summed E-state index contributed by atoms with van der Waals surface area (Å²) >= 11 is 0. The van der Waals surface area contributed by atoms with Gasteiger partial charge in [0.25, 0.3) is 17.6 Å². The molecule has 10 nitrogen and oxygen atoms in total. The van der Waals surface area contributed by atoms with Gasteiger partial charge in [0.1, 0.15) is 5.82 Å². The van der Waals surface area contributed by atoms with E-state index in [0.717, 1.165) is 0 Å². The fourth-order valence-corrected chi connectivity index (χ4v) is 4.72. The molecule has 1 fully saturated rings. The quantitative estimate of drug-likeness (QED) is 0.269. The zero-order chi connectivity index (χ0) is 26.9. The number of amides is 2. The van der Waals surface area contributed by atoms with E-state index in [0.29, 0.717) is 46.9 Å². The van der Waals surface area contributed by atoms with E-state index >= 15 is 4.39 Å². The first kappa shape index (κ1) is 24.2. The van der Waals surface area contributed by atoms with Crippen LogP contribution >= 0.6 is 0 Å². The van der Waals surface area contributed by atoms with Crippen LogP contribution < -0.4 is 0 Å². The molecule has 6 rings (SSSR count). The Morgan fingerprint density at radius 1 is 0.897 bits per heavy atom. The summed E-state index contributed by atoms with van der Waals surface area (Å²) in [4.78, 5) is 53.6. The van der Waals surface area contributed by atoms with Crippen LogP contribution in [0.4, 0.5) is 4.39 Å². The van der Waals surface area contributed by atoms with Gasteiger partial charge in [-0.1, -0.05) is 18.2 Å². The molecule has 1 aliphatic heterocycles. The number of fused-ring (bicyclic) bond motifs is 1. The third kappa shape index (κ3) is 4.43. The summed E-state index contributed by atoms with van der Waals surface area (Å²) < 4.78 is 15.0. The monoisotopic (exact) mass is 523 g/mol. The SMILES string of the molecule is O=C(C(=O)N1CCN(C(=O)c2ccccc2)CC1)c1c[nH]c2c(-c3nc(-c4cccnc4)n[nH]3)ccc(F)c12. The Labute approximate surface area is 221 Å². The predicted octanol–water partition coefficient (Wildman–Crippen LogP) is 3.32. The number of hydrogen-bond donors (Lipinski definition) is 2. The molecule has 3 aromatic heterocycles. The fourth-order valence-electron chi connectivity index (χ4n) is 4.72. The molecule has 0 aliphatic carbocycles. The van der Waals surface area contributed by atoms with Gasteiger partial charge in [-0.3, -0.25) is 24.5 Å². The van der Waals surface area contributed by atoms with Gasteiger partial charge < -0.3 is 14.8 Å². The van der Waals surface area contributed by atoms with E-state index in [2.05, 4.69) is 25.1 Å². The van der Waals surface area contributed by atoms with Crippen LogP contribution in [0, 0.1) is 5.82 Å². The summed E-state index contributed by atoms with van der Waals surface area (Å²) in [6, 6.07) is 15.2.